The maximum atomic E-state index is 13.0. The van der Waals surface area contributed by atoms with Crippen molar-refractivity contribution in [1.82, 2.24) is 29.5 Å². The van der Waals surface area contributed by atoms with Crippen LogP contribution in [0.25, 0.3) is 27.9 Å². The molecule has 1 amide bonds. The molecule has 1 unspecified atom stereocenters. The molecule has 1 aliphatic carbocycles. The van der Waals surface area contributed by atoms with Gasteiger partial charge in [-0.25, -0.2) is 9.97 Å². The summed E-state index contributed by atoms with van der Waals surface area (Å²) in [5, 5.41) is 21.3. The number of aliphatic hydroxyl groups is 1. The zero-order valence-corrected chi connectivity index (χ0v) is 19.5. The Morgan fingerprint density at radius 1 is 1.29 bits per heavy atom. The van der Waals surface area contributed by atoms with E-state index < -0.39 is 6.10 Å². The molecule has 0 aromatic carbocycles. The normalized spacial score (nSPS) is 24.1. The van der Waals surface area contributed by atoms with Crippen LogP contribution in [0, 0.1) is 0 Å². The van der Waals surface area contributed by atoms with E-state index in [4.69, 9.17) is 14.5 Å². The van der Waals surface area contributed by atoms with Crippen LogP contribution >= 0.6 is 0 Å². The van der Waals surface area contributed by atoms with Crippen LogP contribution in [0.15, 0.2) is 36.8 Å². The van der Waals surface area contributed by atoms with Gasteiger partial charge in [0.05, 0.1) is 43.3 Å². The van der Waals surface area contributed by atoms with Crippen molar-refractivity contribution in [2.45, 2.75) is 37.1 Å². The first-order valence-corrected chi connectivity index (χ1v) is 11.7. The molecule has 4 aromatic heterocycles. The molecule has 11 nitrogen and oxygen atoms in total. The molecular formula is C24H27N7O4. The number of carbonyl (C=O) groups is 1. The quantitative estimate of drug-likeness (QED) is 0.382. The second-order valence-electron chi connectivity index (χ2n) is 9.00. The summed E-state index contributed by atoms with van der Waals surface area (Å²) in [7, 11) is 3.49. The van der Waals surface area contributed by atoms with Crippen LogP contribution < -0.4 is 10.6 Å². The number of ether oxygens (including phenoxy) is 2. The highest BCUT2D eigenvalue weighted by atomic mass is 16.5. The molecule has 6 rings (SSSR count). The lowest BCUT2D eigenvalue weighted by Crippen LogP contribution is -2.50. The first-order valence-electron chi connectivity index (χ1n) is 11.7. The summed E-state index contributed by atoms with van der Waals surface area (Å²) < 4.78 is 15.0. The smallest absolute Gasteiger partial charge is 0.257 e. The Balaban J connectivity index is 1.47. The second kappa shape index (κ2) is 8.59. The van der Waals surface area contributed by atoms with E-state index in [1.54, 1.807) is 24.9 Å². The number of aliphatic hydroxyl groups excluding tert-OH is 1. The molecule has 1 saturated carbocycles. The highest BCUT2D eigenvalue weighted by Gasteiger charge is 2.33. The molecular weight excluding hydrogens is 450 g/mol. The molecule has 2 fully saturated rings. The molecule has 2 aliphatic rings. The molecule has 4 atom stereocenters. The number of pyridine rings is 1. The highest BCUT2D eigenvalue weighted by Crippen LogP contribution is 2.35. The van der Waals surface area contributed by atoms with Crippen LogP contribution in [0.2, 0.25) is 0 Å². The molecule has 3 N–H and O–H groups in total. The Bertz CT molecular complexity index is 1410. The van der Waals surface area contributed by atoms with Crippen molar-refractivity contribution in [3.63, 3.8) is 0 Å². The van der Waals surface area contributed by atoms with Crippen LogP contribution in [-0.2, 0) is 9.47 Å². The third-order valence-corrected chi connectivity index (χ3v) is 7.05. The fraction of sp³-hybridized carbons (Fsp3) is 0.417. The van der Waals surface area contributed by atoms with Gasteiger partial charge in [-0.3, -0.25) is 4.79 Å². The number of carbonyl (C=O) groups excluding carboxylic acids is 1. The minimum atomic E-state index is -0.508. The minimum Gasteiger partial charge on any atom is -0.391 e. The van der Waals surface area contributed by atoms with Crippen molar-refractivity contribution < 1.29 is 19.4 Å². The van der Waals surface area contributed by atoms with Crippen molar-refractivity contribution in [3.05, 3.63) is 42.4 Å². The van der Waals surface area contributed by atoms with Gasteiger partial charge in [0.2, 0.25) is 0 Å². The molecule has 0 radical (unpaired) electrons. The summed E-state index contributed by atoms with van der Waals surface area (Å²) >= 11 is 0. The summed E-state index contributed by atoms with van der Waals surface area (Å²) in [6.45, 7) is 1.06. The fourth-order valence-electron chi connectivity index (χ4n) is 4.88. The second-order valence-corrected chi connectivity index (χ2v) is 9.00. The van der Waals surface area contributed by atoms with E-state index in [1.165, 1.54) is 6.20 Å². The van der Waals surface area contributed by atoms with Gasteiger partial charge < -0.3 is 29.8 Å². The summed E-state index contributed by atoms with van der Waals surface area (Å²) in [4.78, 5) is 22.5. The van der Waals surface area contributed by atoms with Gasteiger partial charge in [-0.15, -0.1) is 0 Å². The van der Waals surface area contributed by atoms with E-state index in [-0.39, 0.29) is 24.1 Å². The number of anilines is 1. The van der Waals surface area contributed by atoms with Crippen molar-refractivity contribution >= 4 is 28.4 Å². The molecule has 4 aromatic rings. The number of hydrogen-bond donors (Lipinski definition) is 3. The zero-order valence-electron chi connectivity index (χ0n) is 19.5. The molecule has 0 bridgehead atoms. The maximum absolute atomic E-state index is 13.0. The van der Waals surface area contributed by atoms with Gasteiger partial charge in [0.25, 0.3) is 5.91 Å². The van der Waals surface area contributed by atoms with E-state index in [0.29, 0.717) is 42.4 Å². The first-order chi connectivity index (χ1) is 17.1. The standard InChI is InChI=1S/C24H27N7O4/c1-25-21-8-17(28-23-14(9-27-31(21)23)24(33)29-16-5-6-19(16)32)15-10-30(18-11-35-12-20(18)34-2)22-13(15)4-3-7-26-22/h3-4,7-10,16,18-20,25,32H,5-6,11-12H2,1-2H3,(H,29,33)/t16?,18-,19+,20-/m0/s1. The third-order valence-electron chi connectivity index (χ3n) is 7.05. The first kappa shape index (κ1) is 22.0. The lowest BCUT2D eigenvalue weighted by molar-refractivity contribution is 0.0448. The van der Waals surface area contributed by atoms with Crippen LogP contribution in [0.3, 0.4) is 0 Å². The van der Waals surface area contributed by atoms with Crippen LogP contribution in [-0.4, -0.2) is 80.8 Å². The Morgan fingerprint density at radius 3 is 2.91 bits per heavy atom. The largest absolute Gasteiger partial charge is 0.391 e. The van der Waals surface area contributed by atoms with Gasteiger partial charge in [-0.05, 0) is 25.0 Å². The van der Waals surface area contributed by atoms with Gasteiger partial charge in [-0.1, -0.05) is 0 Å². The van der Waals surface area contributed by atoms with E-state index in [2.05, 4.69) is 25.3 Å². The SMILES string of the molecule is CNc1cc(-c2cn([C@H]3COC[C@@H]3OC)c3ncccc23)nc2c(C(=O)NC3CC[C@H]3O)cnn12. The Hall–Kier alpha value is -3.54. The van der Waals surface area contributed by atoms with Gasteiger partial charge in [0.1, 0.15) is 23.1 Å². The third kappa shape index (κ3) is 3.54. The number of fused-ring (bicyclic) bond motifs is 2. The van der Waals surface area contributed by atoms with Crippen molar-refractivity contribution in [3.8, 4) is 11.3 Å². The molecule has 11 heteroatoms. The van der Waals surface area contributed by atoms with Gasteiger partial charge >= 0.3 is 0 Å². The average molecular weight is 478 g/mol. The van der Waals surface area contributed by atoms with Gasteiger partial charge in [0.15, 0.2) is 5.65 Å². The molecule has 182 valence electrons. The average Bonchev–Trinajstić information content (AvgIpc) is 3.61. The monoisotopic (exact) mass is 477 g/mol. The summed E-state index contributed by atoms with van der Waals surface area (Å²) in [5.74, 6) is 0.391. The molecule has 5 heterocycles. The molecule has 35 heavy (non-hydrogen) atoms. The Kier molecular flexibility index (Phi) is 5.39. The Labute approximate surface area is 201 Å². The summed E-state index contributed by atoms with van der Waals surface area (Å²) in [6, 6.07) is 5.56. The van der Waals surface area contributed by atoms with Crippen LogP contribution in [0.5, 0.6) is 0 Å². The zero-order chi connectivity index (χ0) is 24.1. The lowest BCUT2D eigenvalue weighted by atomic mass is 9.89. The van der Waals surface area contributed by atoms with Crippen molar-refractivity contribution in [1.29, 1.82) is 0 Å². The predicted molar refractivity (Wildman–Crippen MR) is 128 cm³/mol. The summed E-state index contributed by atoms with van der Waals surface area (Å²) in [6.07, 6.45) is 6.18. The van der Waals surface area contributed by atoms with Crippen molar-refractivity contribution in [2.24, 2.45) is 0 Å². The van der Waals surface area contributed by atoms with Crippen LogP contribution in [0.1, 0.15) is 29.2 Å². The number of methoxy groups -OCH3 is 1. The lowest BCUT2D eigenvalue weighted by Gasteiger charge is -2.32. The Morgan fingerprint density at radius 2 is 2.17 bits per heavy atom. The molecule has 1 saturated heterocycles. The van der Waals surface area contributed by atoms with E-state index in [9.17, 15) is 9.90 Å². The van der Waals surface area contributed by atoms with Gasteiger partial charge in [-0.2, -0.15) is 9.61 Å². The number of amides is 1. The van der Waals surface area contributed by atoms with Gasteiger partial charge in [0, 0.05) is 43.6 Å². The minimum absolute atomic E-state index is 0.0103. The highest BCUT2D eigenvalue weighted by molar-refractivity contribution is 6.01. The van der Waals surface area contributed by atoms with Crippen molar-refractivity contribution in [2.75, 3.05) is 32.7 Å². The van der Waals surface area contributed by atoms with E-state index >= 15 is 0 Å². The summed E-state index contributed by atoms with van der Waals surface area (Å²) in [5.41, 5.74) is 3.17. The maximum Gasteiger partial charge on any atom is 0.257 e. The fourth-order valence-corrected chi connectivity index (χ4v) is 4.88. The topological polar surface area (TPSA) is 128 Å². The van der Waals surface area contributed by atoms with E-state index in [1.807, 2.05) is 24.4 Å². The van der Waals surface area contributed by atoms with Crippen LogP contribution in [0.4, 0.5) is 5.82 Å². The number of rotatable bonds is 6. The molecule has 0 spiro atoms. The number of hydrogen-bond acceptors (Lipinski definition) is 8. The number of nitrogens with one attached hydrogen (secondary N) is 2. The number of aromatic nitrogens is 5. The predicted octanol–water partition coefficient (Wildman–Crippen LogP) is 1.63. The van der Waals surface area contributed by atoms with E-state index in [0.717, 1.165) is 23.0 Å². The number of nitrogens with zero attached hydrogens (tertiary/aromatic N) is 5. The molecule has 1 aliphatic heterocycles.